The molecule has 0 aliphatic rings. The highest BCUT2D eigenvalue weighted by atomic mass is 32.2. The number of rotatable bonds is 8. The van der Waals surface area contributed by atoms with Crippen molar-refractivity contribution in [2.45, 2.75) is 37.8 Å². The quantitative estimate of drug-likeness (QED) is 0.606. The monoisotopic (exact) mass is 380 g/mol. The summed E-state index contributed by atoms with van der Waals surface area (Å²) >= 11 is 1.08. The van der Waals surface area contributed by atoms with E-state index in [1.54, 1.807) is 35.3 Å². The lowest BCUT2D eigenvalue weighted by Gasteiger charge is -2.08. The van der Waals surface area contributed by atoms with Crippen molar-refractivity contribution in [3.63, 3.8) is 0 Å². The summed E-state index contributed by atoms with van der Waals surface area (Å²) in [5.74, 6) is 0. The maximum atomic E-state index is 12.4. The fourth-order valence-electron chi connectivity index (χ4n) is 2.62. The maximum Gasteiger partial charge on any atom is 0.308 e. The first-order valence-corrected chi connectivity index (χ1v) is 10.4. The van der Waals surface area contributed by atoms with Crippen LogP contribution in [0.4, 0.5) is 0 Å². The lowest BCUT2D eigenvalue weighted by molar-refractivity contribution is 0.570. The number of hydrogen-bond acceptors (Lipinski definition) is 5. The van der Waals surface area contributed by atoms with Crippen molar-refractivity contribution >= 4 is 31.6 Å². The van der Waals surface area contributed by atoms with Crippen molar-refractivity contribution in [1.82, 2.24) is 18.8 Å². The highest BCUT2D eigenvalue weighted by Gasteiger charge is 2.16. The third-order valence-corrected chi connectivity index (χ3v) is 6.24. The normalized spacial score (nSPS) is 12.0. The lowest BCUT2D eigenvalue weighted by atomic mass is 10.3. The Morgan fingerprint density at radius 2 is 2.12 bits per heavy atom. The van der Waals surface area contributed by atoms with Gasteiger partial charge in [0, 0.05) is 32.0 Å². The average molecular weight is 380 g/mol. The third-order valence-electron chi connectivity index (χ3n) is 3.84. The summed E-state index contributed by atoms with van der Waals surface area (Å²) in [4.78, 5) is 16.1. The topological polar surface area (TPSA) is 86.0 Å². The maximum absolute atomic E-state index is 12.4. The smallest absolute Gasteiger partial charge is 0.308 e. The number of aryl methyl sites for hydroxylation is 2. The molecule has 9 heteroatoms. The number of sulfonamides is 1. The Labute approximate surface area is 150 Å². The fourth-order valence-corrected chi connectivity index (χ4v) is 4.75. The van der Waals surface area contributed by atoms with Crippen LogP contribution >= 0.6 is 11.3 Å². The standard InChI is InChI=1S/C16H20N4O3S2/c1-2-8-20-14-5-4-13(11-15(14)24-16(20)21)25(22,23)18-6-3-9-19-10-7-17-12-19/h4-5,7,10-12,18H,2-3,6,8-9H2,1H3. The highest BCUT2D eigenvalue weighted by molar-refractivity contribution is 7.89. The van der Waals surface area contributed by atoms with Gasteiger partial charge < -0.3 is 4.57 Å². The average Bonchev–Trinajstić information content (AvgIpc) is 3.20. The molecule has 0 unspecified atom stereocenters. The van der Waals surface area contributed by atoms with Crippen molar-refractivity contribution in [3.8, 4) is 0 Å². The molecule has 25 heavy (non-hydrogen) atoms. The van der Waals surface area contributed by atoms with Gasteiger partial charge in [0.25, 0.3) is 0 Å². The van der Waals surface area contributed by atoms with Crippen LogP contribution in [-0.4, -0.2) is 29.1 Å². The van der Waals surface area contributed by atoms with Crippen molar-refractivity contribution in [3.05, 3.63) is 46.6 Å². The SMILES string of the molecule is CCCn1c(=O)sc2cc(S(=O)(=O)NCCCn3ccnc3)ccc21. The van der Waals surface area contributed by atoms with E-state index in [0.717, 1.165) is 23.3 Å². The molecule has 0 amide bonds. The van der Waals surface area contributed by atoms with Crippen molar-refractivity contribution < 1.29 is 8.42 Å². The van der Waals surface area contributed by atoms with Gasteiger partial charge in [0.05, 0.1) is 21.4 Å². The van der Waals surface area contributed by atoms with E-state index in [-0.39, 0.29) is 9.77 Å². The van der Waals surface area contributed by atoms with Crippen molar-refractivity contribution in [2.75, 3.05) is 6.54 Å². The minimum absolute atomic E-state index is 0.0558. The molecule has 0 aliphatic heterocycles. The minimum Gasteiger partial charge on any atom is -0.337 e. The van der Waals surface area contributed by atoms with Crippen molar-refractivity contribution in [2.24, 2.45) is 0 Å². The van der Waals surface area contributed by atoms with Gasteiger partial charge >= 0.3 is 4.87 Å². The van der Waals surface area contributed by atoms with Gasteiger partial charge in [-0.3, -0.25) is 9.36 Å². The van der Waals surface area contributed by atoms with E-state index in [4.69, 9.17) is 0 Å². The van der Waals surface area contributed by atoms with Crippen LogP contribution in [0.1, 0.15) is 19.8 Å². The van der Waals surface area contributed by atoms with E-state index >= 15 is 0 Å². The number of aromatic nitrogens is 3. The molecule has 2 aromatic heterocycles. The molecule has 3 rings (SSSR count). The summed E-state index contributed by atoms with van der Waals surface area (Å²) in [5.41, 5.74) is 0.788. The summed E-state index contributed by atoms with van der Waals surface area (Å²) < 4.78 is 31.8. The molecule has 134 valence electrons. The van der Waals surface area contributed by atoms with E-state index in [0.29, 0.717) is 30.8 Å². The van der Waals surface area contributed by atoms with Crippen LogP contribution in [-0.2, 0) is 23.1 Å². The fraction of sp³-hybridized carbons (Fsp3) is 0.375. The zero-order valence-electron chi connectivity index (χ0n) is 13.9. The molecule has 1 aromatic carbocycles. The van der Waals surface area contributed by atoms with Gasteiger partial charge in [-0.15, -0.1) is 0 Å². The van der Waals surface area contributed by atoms with Crippen LogP contribution in [0, 0.1) is 0 Å². The Bertz CT molecular complexity index is 1000. The Morgan fingerprint density at radius 1 is 1.28 bits per heavy atom. The molecule has 0 aliphatic carbocycles. The lowest BCUT2D eigenvalue weighted by Crippen LogP contribution is -2.25. The zero-order valence-corrected chi connectivity index (χ0v) is 15.5. The predicted octanol–water partition coefficient (Wildman–Crippen LogP) is 2.04. The number of hydrogen-bond donors (Lipinski definition) is 1. The zero-order chi connectivity index (χ0) is 17.9. The molecule has 0 atom stereocenters. The molecule has 0 saturated heterocycles. The Hall–Kier alpha value is -1.97. The van der Waals surface area contributed by atoms with Crippen LogP contribution in [0.5, 0.6) is 0 Å². The molecule has 1 N–H and O–H groups in total. The molecule has 0 saturated carbocycles. The van der Waals surface area contributed by atoms with Gasteiger partial charge in [0.1, 0.15) is 0 Å². The second-order valence-corrected chi connectivity index (χ2v) is 8.46. The van der Waals surface area contributed by atoms with Gasteiger partial charge in [-0.2, -0.15) is 0 Å². The predicted molar refractivity (Wildman–Crippen MR) is 98.4 cm³/mol. The van der Waals surface area contributed by atoms with E-state index in [9.17, 15) is 13.2 Å². The van der Waals surface area contributed by atoms with Crippen LogP contribution < -0.4 is 9.60 Å². The molecule has 0 bridgehead atoms. The number of nitrogens with one attached hydrogen (secondary N) is 1. The largest absolute Gasteiger partial charge is 0.337 e. The second kappa shape index (κ2) is 7.51. The first-order valence-electron chi connectivity index (χ1n) is 8.10. The first kappa shape index (κ1) is 17.8. The van der Waals surface area contributed by atoms with Gasteiger partial charge in [-0.1, -0.05) is 18.3 Å². The van der Waals surface area contributed by atoms with Gasteiger partial charge in [0.15, 0.2) is 0 Å². The number of thiazole rings is 1. The summed E-state index contributed by atoms with van der Waals surface area (Å²) in [6.45, 7) is 3.68. The highest BCUT2D eigenvalue weighted by Crippen LogP contribution is 2.22. The minimum atomic E-state index is -3.59. The number of benzene rings is 1. The van der Waals surface area contributed by atoms with Gasteiger partial charge in [-0.05, 0) is 31.0 Å². The van der Waals surface area contributed by atoms with Gasteiger partial charge in [-0.25, -0.2) is 18.1 Å². The molecule has 0 radical (unpaired) electrons. The van der Waals surface area contributed by atoms with E-state index in [2.05, 4.69) is 9.71 Å². The van der Waals surface area contributed by atoms with Crippen LogP contribution in [0.15, 0.2) is 46.6 Å². The van der Waals surface area contributed by atoms with E-state index in [1.807, 2.05) is 17.7 Å². The van der Waals surface area contributed by atoms with E-state index in [1.165, 1.54) is 0 Å². The number of fused-ring (bicyclic) bond motifs is 1. The van der Waals surface area contributed by atoms with Gasteiger partial charge in [0.2, 0.25) is 10.0 Å². The Balaban J connectivity index is 1.72. The summed E-state index contributed by atoms with van der Waals surface area (Å²) in [5, 5.41) is 0. The van der Waals surface area contributed by atoms with Crippen LogP contribution in [0.2, 0.25) is 0 Å². The van der Waals surface area contributed by atoms with Crippen LogP contribution in [0.3, 0.4) is 0 Å². The molecule has 3 aromatic rings. The Kier molecular flexibility index (Phi) is 5.36. The molecule has 0 spiro atoms. The van der Waals surface area contributed by atoms with Crippen LogP contribution in [0.25, 0.3) is 10.2 Å². The Morgan fingerprint density at radius 3 is 2.84 bits per heavy atom. The number of imidazole rings is 1. The van der Waals surface area contributed by atoms with E-state index < -0.39 is 10.0 Å². The molecular weight excluding hydrogens is 360 g/mol. The molecular formula is C16H20N4O3S2. The molecule has 0 fully saturated rings. The van der Waals surface area contributed by atoms with Crippen molar-refractivity contribution in [1.29, 1.82) is 0 Å². The summed E-state index contributed by atoms with van der Waals surface area (Å²) in [7, 11) is -3.59. The number of nitrogens with zero attached hydrogens (tertiary/aromatic N) is 3. The third kappa shape index (κ3) is 4.00. The molecule has 7 nitrogen and oxygen atoms in total. The first-order chi connectivity index (χ1) is 12.0. The summed E-state index contributed by atoms with van der Waals surface area (Å²) in [6.07, 6.45) is 6.74. The summed E-state index contributed by atoms with van der Waals surface area (Å²) in [6, 6.07) is 4.84. The second-order valence-electron chi connectivity index (χ2n) is 5.70. The molecule has 2 heterocycles.